The van der Waals surface area contributed by atoms with Crippen molar-refractivity contribution < 1.29 is 24.4 Å². The van der Waals surface area contributed by atoms with Gasteiger partial charge >= 0.3 is 0 Å². The number of carbonyl (C=O) groups is 2. The summed E-state index contributed by atoms with van der Waals surface area (Å²) in [5.74, 6) is -1.32. The van der Waals surface area contributed by atoms with E-state index in [0.717, 1.165) is 5.56 Å². The van der Waals surface area contributed by atoms with Crippen LogP contribution < -0.4 is 14.8 Å². The minimum Gasteiger partial charge on any atom is -0.872 e. The highest BCUT2D eigenvalue weighted by Crippen LogP contribution is 2.39. The number of ether oxygens (including phenoxy) is 1. The Morgan fingerprint density at radius 1 is 1.12 bits per heavy atom. The number of benzene rings is 1. The van der Waals surface area contributed by atoms with Gasteiger partial charge in [0.2, 0.25) is 5.78 Å². The molecule has 7 heteroatoms. The topological polar surface area (TPSA) is 96.7 Å². The summed E-state index contributed by atoms with van der Waals surface area (Å²) in [6.07, 6.45) is 6.68. The van der Waals surface area contributed by atoms with Crippen molar-refractivity contribution in [3.63, 3.8) is 0 Å². The van der Waals surface area contributed by atoms with E-state index >= 15 is 0 Å². The number of likely N-dealkylation sites (tertiary alicyclic amines) is 1. The Morgan fingerprint density at radius 2 is 1.84 bits per heavy atom. The highest BCUT2D eigenvalue weighted by Gasteiger charge is 2.44. The number of H-pyrrole nitrogens is 1. The largest absolute Gasteiger partial charge is 0.872 e. The molecule has 1 aromatic carbocycles. The minimum absolute atomic E-state index is 0.000168. The molecular formula is C25H23N3O4. The fraction of sp³-hybridized carbons (Fsp3) is 0.200. The Morgan fingerprint density at radius 3 is 2.47 bits per heavy atom. The van der Waals surface area contributed by atoms with E-state index in [-0.39, 0.29) is 18.2 Å². The van der Waals surface area contributed by atoms with E-state index in [4.69, 9.17) is 4.74 Å². The molecule has 1 unspecified atom stereocenters. The molecule has 1 atom stereocenters. The van der Waals surface area contributed by atoms with Crippen molar-refractivity contribution in [1.82, 2.24) is 9.88 Å². The summed E-state index contributed by atoms with van der Waals surface area (Å²) in [7, 11) is 0. The van der Waals surface area contributed by atoms with E-state index < -0.39 is 23.5 Å². The molecule has 0 radical (unpaired) electrons. The van der Waals surface area contributed by atoms with Crippen molar-refractivity contribution in [3.8, 4) is 5.75 Å². The van der Waals surface area contributed by atoms with Crippen LogP contribution in [0.1, 0.15) is 36.6 Å². The third-order valence-corrected chi connectivity index (χ3v) is 5.16. The van der Waals surface area contributed by atoms with Gasteiger partial charge in [0.1, 0.15) is 5.75 Å². The van der Waals surface area contributed by atoms with E-state index in [2.05, 4.69) is 9.97 Å². The first-order chi connectivity index (χ1) is 15.5. The molecule has 1 fully saturated rings. The zero-order valence-electron chi connectivity index (χ0n) is 17.8. The summed E-state index contributed by atoms with van der Waals surface area (Å²) in [4.78, 5) is 34.4. The lowest BCUT2D eigenvalue weighted by atomic mass is 9.96. The summed E-state index contributed by atoms with van der Waals surface area (Å²) in [6.45, 7) is 4.01. The summed E-state index contributed by atoms with van der Waals surface area (Å²) < 4.78 is 5.63. The van der Waals surface area contributed by atoms with Crippen LogP contribution in [-0.4, -0.2) is 27.7 Å². The number of aromatic amines is 1. The third kappa shape index (κ3) is 4.23. The summed E-state index contributed by atoms with van der Waals surface area (Å²) in [6, 6.07) is 12.9. The van der Waals surface area contributed by atoms with Crippen LogP contribution in [0.15, 0.2) is 78.9 Å². The quantitative estimate of drug-likeness (QED) is 0.340. The first kappa shape index (κ1) is 21.2. The summed E-state index contributed by atoms with van der Waals surface area (Å²) in [5.41, 5.74) is 1.74. The molecule has 1 aliphatic rings. The molecular weight excluding hydrogens is 406 g/mol. The number of aromatic nitrogens is 2. The average Bonchev–Trinajstić information content (AvgIpc) is 3.05. The van der Waals surface area contributed by atoms with Crippen LogP contribution in [0.4, 0.5) is 0 Å². The second kappa shape index (κ2) is 9.01. The van der Waals surface area contributed by atoms with Gasteiger partial charge in [-0.25, -0.2) is 4.98 Å². The predicted molar refractivity (Wildman–Crippen MR) is 115 cm³/mol. The average molecular weight is 429 g/mol. The first-order valence-corrected chi connectivity index (χ1v) is 10.3. The number of ketones is 1. The number of nitrogens with one attached hydrogen (secondary N) is 1. The van der Waals surface area contributed by atoms with Gasteiger partial charge in [-0.05, 0) is 55.3 Å². The second-order valence-corrected chi connectivity index (χ2v) is 7.79. The number of carbonyl (C=O) groups excluding carboxylic acids is 2. The molecule has 0 saturated carbocycles. The van der Waals surface area contributed by atoms with Crippen molar-refractivity contribution >= 4 is 17.4 Å². The van der Waals surface area contributed by atoms with E-state index in [0.29, 0.717) is 16.9 Å². The number of nitrogens with zero attached hydrogens (tertiary/aromatic N) is 2. The zero-order valence-corrected chi connectivity index (χ0v) is 17.8. The highest BCUT2D eigenvalue weighted by atomic mass is 16.5. The van der Waals surface area contributed by atoms with E-state index in [1.807, 2.05) is 26.0 Å². The highest BCUT2D eigenvalue weighted by molar-refractivity contribution is 6.46. The van der Waals surface area contributed by atoms with E-state index in [1.165, 1.54) is 4.90 Å². The lowest BCUT2D eigenvalue weighted by Crippen LogP contribution is -2.29. The van der Waals surface area contributed by atoms with Crippen molar-refractivity contribution in [2.24, 2.45) is 0 Å². The van der Waals surface area contributed by atoms with Gasteiger partial charge in [0, 0.05) is 29.6 Å². The monoisotopic (exact) mass is 429 g/mol. The van der Waals surface area contributed by atoms with Crippen LogP contribution in [0.3, 0.4) is 0 Å². The SMILES string of the molecule is CC(C)Oc1ccc(C([O-])=C2C(=O)C(=O)N(Cc3ccc[nH+]c3)C2c2ccncc2)cc1. The van der Waals surface area contributed by atoms with Crippen molar-refractivity contribution in [2.75, 3.05) is 0 Å². The molecule has 4 rings (SSSR count). The number of hydrogen-bond donors (Lipinski definition) is 0. The molecule has 2 aromatic heterocycles. The smallest absolute Gasteiger partial charge is 0.295 e. The van der Waals surface area contributed by atoms with Gasteiger partial charge < -0.3 is 14.7 Å². The van der Waals surface area contributed by atoms with Crippen molar-refractivity contribution in [2.45, 2.75) is 32.5 Å². The number of Topliss-reactive ketones (excluding diaryl/α,β-unsaturated/α-hetero) is 1. The Bertz CT molecular complexity index is 1140. The van der Waals surface area contributed by atoms with Gasteiger partial charge in [0.05, 0.1) is 18.7 Å². The van der Waals surface area contributed by atoms with Crippen LogP contribution in [0, 0.1) is 0 Å². The fourth-order valence-electron chi connectivity index (χ4n) is 3.76. The Balaban J connectivity index is 1.78. The lowest BCUT2D eigenvalue weighted by molar-refractivity contribution is -0.378. The Hall–Kier alpha value is -4.00. The van der Waals surface area contributed by atoms with Gasteiger partial charge in [0.15, 0.2) is 12.4 Å². The maximum absolute atomic E-state index is 13.4. The zero-order chi connectivity index (χ0) is 22.7. The molecule has 0 bridgehead atoms. The third-order valence-electron chi connectivity index (χ3n) is 5.16. The van der Waals surface area contributed by atoms with Gasteiger partial charge in [-0.3, -0.25) is 14.6 Å². The molecule has 1 aliphatic heterocycles. The number of rotatable bonds is 6. The lowest BCUT2D eigenvalue weighted by Gasteiger charge is -2.27. The normalized spacial score (nSPS) is 17.7. The van der Waals surface area contributed by atoms with Crippen LogP contribution in [0.2, 0.25) is 0 Å². The minimum atomic E-state index is -0.794. The molecule has 0 spiro atoms. The number of amides is 1. The second-order valence-electron chi connectivity index (χ2n) is 7.79. The fourth-order valence-corrected chi connectivity index (χ4v) is 3.76. The Labute approximate surface area is 186 Å². The predicted octanol–water partition coefficient (Wildman–Crippen LogP) is 2.11. The molecule has 1 saturated heterocycles. The molecule has 1 N–H and O–H groups in total. The number of pyridine rings is 2. The number of hydrogen-bond acceptors (Lipinski definition) is 5. The van der Waals surface area contributed by atoms with E-state index in [9.17, 15) is 14.7 Å². The first-order valence-electron chi connectivity index (χ1n) is 10.3. The maximum Gasteiger partial charge on any atom is 0.295 e. The molecule has 32 heavy (non-hydrogen) atoms. The van der Waals surface area contributed by atoms with E-state index in [1.54, 1.807) is 61.2 Å². The summed E-state index contributed by atoms with van der Waals surface area (Å²) in [5, 5.41) is 13.4. The van der Waals surface area contributed by atoms with Gasteiger partial charge in [0.25, 0.3) is 5.91 Å². The van der Waals surface area contributed by atoms with Crippen LogP contribution in [0.5, 0.6) is 5.75 Å². The summed E-state index contributed by atoms with van der Waals surface area (Å²) >= 11 is 0. The van der Waals surface area contributed by atoms with Gasteiger partial charge in [-0.1, -0.05) is 17.9 Å². The molecule has 7 nitrogen and oxygen atoms in total. The van der Waals surface area contributed by atoms with Crippen LogP contribution in [-0.2, 0) is 16.1 Å². The molecule has 3 heterocycles. The standard InChI is InChI=1S/C25H23N3O4/c1-16(2)32-20-7-5-19(6-8-20)23(29)21-22(18-9-12-26-13-10-18)28(25(31)24(21)30)15-17-4-3-11-27-14-17/h3-14,16,22,29H,15H2,1-2H3. The van der Waals surface area contributed by atoms with Gasteiger partial charge in [-0.2, -0.15) is 0 Å². The van der Waals surface area contributed by atoms with Crippen molar-refractivity contribution in [3.05, 3.63) is 95.6 Å². The van der Waals surface area contributed by atoms with Crippen LogP contribution in [0.25, 0.3) is 5.76 Å². The van der Waals surface area contributed by atoms with Crippen molar-refractivity contribution in [1.29, 1.82) is 0 Å². The van der Waals surface area contributed by atoms with Gasteiger partial charge in [-0.15, -0.1) is 0 Å². The molecule has 1 amide bonds. The molecule has 3 aromatic rings. The van der Waals surface area contributed by atoms with Crippen LogP contribution >= 0.6 is 0 Å². The molecule has 162 valence electrons. The maximum atomic E-state index is 13.4. The Kier molecular flexibility index (Phi) is 5.98. The molecule has 0 aliphatic carbocycles.